The van der Waals surface area contributed by atoms with E-state index in [-0.39, 0.29) is 25.7 Å². The van der Waals surface area contributed by atoms with Crippen molar-refractivity contribution in [2.45, 2.75) is 290 Å². The Bertz CT molecular complexity index is 2270. The summed E-state index contributed by atoms with van der Waals surface area (Å²) in [5.74, 6) is -2.38. The molecule has 0 aromatic carbocycles. The third kappa shape index (κ3) is 66.1. The fraction of sp³-hybridized carbons (Fsp3) is 0.680. The first-order valence-corrected chi connectivity index (χ1v) is 38.8. The lowest BCUT2D eigenvalue weighted by Crippen LogP contribution is -2.30. The molecule has 0 amide bonds. The van der Waals surface area contributed by atoms with Crippen LogP contribution < -0.4 is 0 Å². The summed E-state index contributed by atoms with van der Waals surface area (Å²) < 4.78 is 68.1. The SMILES string of the molecule is CC/C=C\C/C=C\C/C=C\C/C=C\C/C=C\CC(=O)OCC(COP(=O)(O)OCC(O)COP(=O)(O)OCC(COC(=O)CCCC/C=C\C/C=C\C/C=C\C/C=C\CC)OC(=O)CCCCCCC/C=C\CCCCCC)OC(=O)CCCCCCCCCCCCC. The van der Waals surface area contributed by atoms with Crippen molar-refractivity contribution in [3.63, 3.8) is 0 Å². The third-order valence-corrected chi connectivity index (χ3v) is 16.4. The molecule has 0 heterocycles. The molecule has 0 saturated carbocycles. The summed E-state index contributed by atoms with van der Waals surface area (Å²) >= 11 is 0. The maximum Gasteiger partial charge on any atom is 0.472 e. The molecule has 0 bridgehead atoms. The second kappa shape index (κ2) is 67.0. The number of hydrogen-bond acceptors (Lipinski definition) is 15. The predicted octanol–water partition coefficient (Wildman–Crippen LogP) is 20.0. The molecule has 0 aliphatic heterocycles. The summed E-state index contributed by atoms with van der Waals surface area (Å²) in [6.07, 6.45) is 71.0. The molecule has 538 valence electrons. The smallest absolute Gasteiger partial charge is 0.462 e. The Kier molecular flexibility index (Phi) is 63.8. The Morgan fingerprint density at radius 3 is 0.989 bits per heavy atom. The minimum atomic E-state index is -4.99. The highest BCUT2D eigenvalue weighted by Gasteiger charge is 2.30. The number of ether oxygens (including phenoxy) is 4. The molecule has 0 aliphatic carbocycles. The maximum atomic E-state index is 13.0. The van der Waals surface area contributed by atoms with Crippen molar-refractivity contribution < 1.29 is 80.2 Å². The van der Waals surface area contributed by atoms with Crippen LogP contribution in [-0.2, 0) is 65.4 Å². The predicted molar refractivity (Wildman–Crippen MR) is 381 cm³/mol. The molecular weight excluding hydrogens is 1230 g/mol. The number of phosphoric acid groups is 2. The van der Waals surface area contributed by atoms with E-state index in [1.54, 1.807) is 6.08 Å². The van der Waals surface area contributed by atoms with Gasteiger partial charge >= 0.3 is 39.5 Å². The van der Waals surface area contributed by atoms with Crippen LogP contribution in [0.5, 0.6) is 0 Å². The zero-order valence-electron chi connectivity index (χ0n) is 58.3. The van der Waals surface area contributed by atoms with Crippen molar-refractivity contribution in [1.82, 2.24) is 0 Å². The van der Waals surface area contributed by atoms with Gasteiger partial charge in [0.15, 0.2) is 12.2 Å². The lowest BCUT2D eigenvalue weighted by Gasteiger charge is -2.21. The van der Waals surface area contributed by atoms with E-state index in [1.807, 2.05) is 18.2 Å². The molecule has 0 aromatic rings. The number of allylic oxidation sites excluding steroid dienone is 19. The number of phosphoric ester groups is 2. The fourth-order valence-electron chi connectivity index (χ4n) is 9.04. The van der Waals surface area contributed by atoms with Crippen LogP contribution in [0.4, 0.5) is 0 Å². The van der Waals surface area contributed by atoms with Crippen LogP contribution >= 0.6 is 15.6 Å². The van der Waals surface area contributed by atoms with Crippen LogP contribution in [0.1, 0.15) is 272 Å². The van der Waals surface area contributed by atoms with E-state index in [0.717, 1.165) is 128 Å². The summed E-state index contributed by atoms with van der Waals surface area (Å²) in [7, 11) is -9.98. The highest BCUT2D eigenvalue weighted by atomic mass is 31.2. The lowest BCUT2D eigenvalue weighted by atomic mass is 10.1. The molecule has 94 heavy (non-hydrogen) atoms. The normalized spacial score (nSPS) is 14.8. The van der Waals surface area contributed by atoms with Crippen molar-refractivity contribution in [1.29, 1.82) is 0 Å². The molecule has 0 spiro atoms. The van der Waals surface area contributed by atoms with Gasteiger partial charge in [0.2, 0.25) is 0 Å². The van der Waals surface area contributed by atoms with Crippen LogP contribution in [-0.4, -0.2) is 96.7 Å². The first-order valence-electron chi connectivity index (χ1n) is 35.8. The maximum absolute atomic E-state index is 13.0. The first kappa shape index (κ1) is 89.5. The van der Waals surface area contributed by atoms with Crippen molar-refractivity contribution in [2.75, 3.05) is 39.6 Å². The van der Waals surface area contributed by atoms with Crippen LogP contribution in [0.2, 0.25) is 0 Å². The quantitative estimate of drug-likeness (QED) is 0.0169. The number of aliphatic hydroxyl groups excluding tert-OH is 1. The van der Waals surface area contributed by atoms with Gasteiger partial charge in [-0.15, -0.1) is 0 Å². The summed E-state index contributed by atoms with van der Waals surface area (Å²) in [4.78, 5) is 72.5. The number of aliphatic hydroxyl groups is 1. The topological polar surface area (TPSA) is 237 Å². The molecule has 0 fully saturated rings. The van der Waals surface area contributed by atoms with Gasteiger partial charge in [-0.25, -0.2) is 9.13 Å². The summed E-state index contributed by atoms with van der Waals surface area (Å²) in [6.45, 7) is 4.42. The molecule has 0 rings (SSSR count). The molecule has 5 unspecified atom stereocenters. The Labute approximate surface area is 568 Å². The fourth-order valence-corrected chi connectivity index (χ4v) is 10.6. The number of hydrogen-bond donors (Lipinski definition) is 3. The number of esters is 4. The van der Waals surface area contributed by atoms with E-state index >= 15 is 0 Å². The average Bonchev–Trinajstić information content (AvgIpc) is 1.35. The zero-order chi connectivity index (χ0) is 69.0. The monoisotopic (exact) mass is 1360 g/mol. The average molecular weight is 1360 g/mol. The Morgan fingerprint density at radius 2 is 0.596 bits per heavy atom. The zero-order valence-corrected chi connectivity index (χ0v) is 60.1. The standard InChI is InChI=1S/C75H126O17P2/c1-5-9-13-17-21-25-29-32-34-37-40-43-47-51-55-59-72(77)85-65-70(91-74(79)61-57-53-49-45-39-28-24-20-16-12-8-4)67-89-93(81,82)87-63-69(76)64-88-94(83,84)90-68-71(92-75(80)62-58-54-50-46-42-36-31-27-23-19-15-11-7-3)66-86-73(78)60-56-52-48-44-41-38-35-33-30-26-22-18-14-10-6-2/h9-10,13-14,21-22,25-27,31-35,40-41,43-44,51,55,69-71,76H,5-8,11-12,15-20,23-24,28-30,36-39,42,45-50,52-54,56-68H2,1-4H3,(H,81,82)(H,83,84)/b13-9-,14-10-,25-21-,26-22-,31-27-,34-32-,35-33-,43-40-,44-41-,55-51-. The lowest BCUT2D eigenvalue weighted by molar-refractivity contribution is -0.161. The van der Waals surface area contributed by atoms with Gasteiger partial charge in [-0.3, -0.25) is 37.3 Å². The van der Waals surface area contributed by atoms with Crippen LogP contribution in [0.25, 0.3) is 0 Å². The number of unbranched alkanes of at least 4 members (excludes halogenated alkanes) is 21. The van der Waals surface area contributed by atoms with Gasteiger partial charge in [-0.2, -0.15) is 0 Å². The molecule has 0 aliphatic rings. The van der Waals surface area contributed by atoms with Gasteiger partial charge in [0.1, 0.15) is 19.3 Å². The van der Waals surface area contributed by atoms with E-state index in [9.17, 15) is 43.2 Å². The van der Waals surface area contributed by atoms with E-state index in [1.165, 1.54) is 64.2 Å². The summed E-state index contributed by atoms with van der Waals surface area (Å²) in [5.41, 5.74) is 0. The second-order valence-corrected chi connectivity index (χ2v) is 26.3. The largest absolute Gasteiger partial charge is 0.472 e. The Morgan fingerprint density at radius 1 is 0.319 bits per heavy atom. The van der Waals surface area contributed by atoms with Crippen molar-refractivity contribution in [3.8, 4) is 0 Å². The van der Waals surface area contributed by atoms with Gasteiger partial charge in [-0.05, 0) is 116 Å². The Hall–Kier alpha value is -4.54. The van der Waals surface area contributed by atoms with Crippen molar-refractivity contribution in [3.05, 3.63) is 122 Å². The molecule has 17 nitrogen and oxygen atoms in total. The van der Waals surface area contributed by atoms with E-state index in [4.69, 9.17) is 37.0 Å². The molecule has 5 atom stereocenters. The third-order valence-electron chi connectivity index (χ3n) is 14.5. The Balaban J connectivity index is 5.43. The second-order valence-electron chi connectivity index (χ2n) is 23.4. The molecule has 0 aromatic heterocycles. The summed E-state index contributed by atoms with van der Waals surface area (Å²) in [5, 5.41) is 10.6. The van der Waals surface area contributed by atoms with Gasteiger partial charge in [0, 0.05) is 19.3 Å². The summed E-state index contributed by atoms with van der Waals surface area (Å²) in [6, 6.07) is 0. The molecule has 3 N–H and O–H groups in total. The minimum absolute atomic E-state index is 0.0716. The van der Waals surface area contributed by atoms with Gasteiger partial charge < -0.3 is 33.8 Å². The van der Waals surface area contributed by atoms with Gasteiger partial charge in [0.05, 0.1) is 32.8 Å². The highest BCUT2D eigenvalue weighted by Crippen LogP contribution is 2.45. The van der Waals surface area contributed by atoms with Crippen LogP contribution in [0.3, 0.4) is 0 Å². The number of carbonyl (C=O) groups is 4. The van der Waals surface area contributed by atoms with Crippen molar-refractivity contribution in [2.24, 2.45) is 0 Å². The van der Waals surface area contributed by atoms with Crippen LogP contribution in [0, 0.1) is 0 Å². The van der Waals surface area contributed by atoms with E-state index < -0.39 is 97.5 Å². The molecular formula is C75H126O17P2. The van der Waals surface area contributed by atoms with Crippen molar-refractivity contribution >= 4 is 39.5 Å². The first-order chi connectivity index (χ1) is 45.7. The van der Waals surface area contributed by atoms with Gasteiger partial charge in [-0.1, -0.05) is 252 Å². The van der Waals surface area contributed by atoms with E-state index in [2.05, 4.69) is 125 Å². The van der Waals surface area contributed by atoms with Gasteiger partial charge in [0.25, 0.3) is 0 Å². The molecule has 0 saturated heterocycles. The number of rotatable bonds is 66. The minimum Gasteiger partial charge on any atom is -0.462 e. The van der Waals surface area contributed by atoms with Crippen LogP contribution in [0.15, 0.2) is 122 Å². The molecule has 19 heteroatoms. The number of carbonyl (C=O) groups excluding carboxylic acids is 4. The van der Waals surface area contributed by atoms with E-state index in [0.29, 0.717) is 25.7 Å². The molecule has 0 radical (unpaired) electrons. The highest BCUT2D eigenvalue weighted by molar-refractivity contribution is 7.47.